The fourth-order valence-electron chi connectivity index (χ4n) is 3.62. The van der Waals surface area contributed by atoms with Crippen LogP contribution < -0.4 is 5.32 Å². The molecule has 0 aromatic heterocycles. The van der Waals surface area contributed by atoms with Crippen molar-refractivity contribution in [1.29, 1.82) is 0 Å². The van der Waals surface area contributed by atoms with Gasteiger partial charge in [0.1, 0.15) is 5.84 Å². The Labute approximate surface area is 129 Å². The van der Waals surface area contributed by atoms with Crippen molar-refractivity contribution in [1.82, 2.24) is 5.32 Å². The topological polar surface area (TPSA) is 26.5 Å². The Morgan fingerprint density at radius 2 is 1.29 bits per heavy atom. The van der Waals surface area contributed by atoms with Crippen molar-refractivity contribution in [3.05, 3.63) is 24.3 Å². The van der Waals surface area contributed by atoms with Crippen LogP contribution in [0.25, 0.3) is 0 Å². The highest BCUT2D eigenvalue weighted by Gasteiger charge is 2.34. The minimum Gasteiger partial charge on any atom is -0.231 e. The van der Waals surface area contributed by atoms with Gasteiger partial charge in [0.25, 0.3) is 0 Å². The van der Waals surface area contributed by atoms with E-state index in [4.69, 9.17) is 10.3 Å². The van der Waals surface area contributed by atoms with Crippen molar-refractivity contribution in [2.45, 2.75) is 71.1 Å². The second-order valence-corrected chi connectivity index (χ2v) is 6.93. The van der Waals surface area contributed by atoms with E-state index < -0.39 is 0 Å². The molecule has 21 heavy (non-hydrogen) atoms. The number of fused-ring (bicyclic) bond motifs is 1. The van der Waals surface area contributed by atoms with Crippen molar-refractivity contribution in [2.24, 2.45) is 10.4 Å². The van der Waals surface area contributed by atoms with Crippen LogP contribution in [0.3, 0.4) is 0 Å². The van der Waals surface area contributed by atoms with Crippen molar-refractivity contribution >= 4 is 17.2 Å². The second-order valence-electron chi connectivity index (χ2n) is 6.93. The molecule has 113 valence electrons. The first-order chi connectivity index (χ1) is 10.3. The monoisotopic (exact) mass is 283 g/mol. The maximum Gasteiger partial charge on any atom is 0.135 e. The van der Waals surface area contributed by atoms with Gasteiger partial charge in [0.15, 0.2) is 0 Å². The van der Waals surface area contributed by atoms with Crippen molar-refractivity contribution in [3.8, 4) is 0 Å². The van der Waals surface area contributed by atoms with Crippen LogP contribution in [0.5, 0.6) is 0 Å². The van der Waals surface area contributed by atoms with Gasteiger partial charge in [-0.2, -0.15) is 0 Å². The summed E-state index contributed by atoms with van der Waals surface area (Å²) in [6, 6.07) is 8.28. The van der Waals surface area contributed by atoms with Crippen molar-refractivity contribution in [2.75, 3.05) is 0 Å². The minimum absolute atomic E-state index is 0.170. The van der Waals surface area contributed by atoms with Crippen LogP contribution in [0.15, 0.2) is 29.3 Å². The van der Waals surface area contributed by atoms with Crippen LogP contribution in [-0.4, -0.2) is 5.84 Å². The summed E-state index contributed by atoms with van der Waals surface area (Å²) in [6.07, 6.45) is 13.5. The predicted octanol–water partition coefficient (Wildman–Crippen LogP) is 5.89. The number of hydrogen-bond acceptors (Lipinski definition) is 1. The molecule has 0 amide bonds. The van der Waals surface area contributed by atoms with Crippen LogP contribution >= 0.6 is 0 Å². The van der Waals surface area contributed by atoms with Crippen LogP contribution in [0, 0.1) is 5.41 Å². The van der Waals surface area contributed by atoms with E-state index in [-0.39, 0.29) is 5.41 Å². The van der Waals surface area contributed by atoms with Gasteiger partial charge in [-0.15, -0.1) is 0 Å². The second kappa shape index (κ2) is 6.64. The summed E-state index contributed by atoms with van der Waals surface area (Å²) in [5.41, 5.74) is 2.29. The summed E-state index contributed by atoms with van der Waals surface area (Å²) in [5.74, 6) is 1.09. The minimum atomic E-state index is 0.170. The molecule has 1 aromatic carbocycles. The average molecular weight is 283 g/mol. The lowest BCUT2D eigenvalue weighted by molar-refractivity contribution is 0.357. The van der Waals surface area contributed by atoms with E-state index >= 15 is 0 Å². The van der Waals surface area contributed by atoms with Gasteiger partial charge in [-0.3, -0.25) is 0 Å². The van der Waals surface area contributed by atoms with Crippen LogP contribution in [-0.2, 0) is 0 Å². The van der Waals surface area contributed by atoms with Crippen LogP contribution in [0.2, 0.25) is 0 Å². The lowest BCUT2D eigenvalue weighted by atomic mass is 9.78. The van der Waals surface area contributed by atoms with E-state index in [1.54, 1.807) is 0 Å². The van der Waals surface area contributed by atoms with Gasteiger partial charge in [0, 0.05) is 5.41 Å². The SMILES string of the molecule is CC1(C2=Nc3ccccc3[N]2)CCCCCCCCCC1. The Kier molecular flexibility index (Phi) is 4.62. The zero-order valence-electron chi connectivity index (χ0n) is 13.3. The van der Waals surface area contributed by atoms with Crippen LogP contribution in [0.1, 0.15) is 71.1 Å². The van der Waals surface area contributed by atoms with Gasteiger partial charge < -0.3 is 0 Å². The third-order valence-electron chi connectivity index (χ3n) is 5.08. The summed E-state index contributed by atoms with van der Waals surface area (Å²) < 4.78 is 0. The van der Waals surface area contributed by atoms with Gasteiger partial charge in [-0.05, 0) is 25.0 Å². The van der Waals surface area contributed by atoms with Crippen molar-refractivity contribution < 1.29 is 0 Å². The molecule has 0 atom stereocenters. The van der Waals surface area contributed by atoms with E-state index in [2.05, 4.69) is 31.2 Å². The lowest BCUT2D eigenvalue weighted by Gasteiger charge is -2.29. The number of nitrogens with zero attached hydrogens (tertiary/aromatic N) is 2. The predicted molar refractivity (Wildman–Crippen MR) is 89.6 cm³/mol. The molecular formula is C19H27N2. The Morgan fingerprint density at radius 3 is 1.86 bits per heavy atom. The first kappa shape index (κ1) is 14.6. The van der Waals surface area contributed by atoms with E-state index in [9.17, 15) is 0 Å². The first-order valence-electron chi connectivity index (χ1n) is 8.68. The normalized spacial score (nSPS) is 22.6. The number of amidine groups is 1. The Morgan fingerprint density at radius 1 is 0.762 bits per heavy atom. The molecule has 2 nitrogen and oxygen atoms in total. The van der Waals surface area contributed by atoms with E-state index in [1.807, 2.05) is 0 Å². The molecule has 1 aliphatic carbocycles. The van der Waals surface area contributed by atoms with E-state index in [1.165, 1.54) is 64.2 Å². The Hall–Kier alpha value is -1.31. The molecule has 0 unspecified atom stereocenters. The highest BCUT2D eigenvalue weighted by atomic mass is 15.1. The van der Waals surface area contributed by atoms with E-state index in [0.29, 0.717) is 0 Å². The standard InChI is InChI=1S/C19H27N2/c1-19(14-10-6-4-2-3-5-7-11-15-19)18-20-16-12-8-9-13-17(16)21-18/h8-9,12-13H,2-7,10-11,14-15H2,1H3. The quantitative estimate of drug-likeness (QED) is 0.614. The third-order valence-corrected chi connectivity index (χ3v) is 5.08. The Balaban J connectivity index is 1.74. The molecule has 1 aliphatic heterocycles. The van der Waals surface area contributed by atoms with Gasteiger partial charge in [-0.1, -0.05) is 70.4 Å². The van der Waals surface area contributed by atoms with E-state index in [0.717, 1.165) is 17.2 Å². The molecule has 2 heteroatoms. The van der Waals surface area contributed by atoms with Crippen molar-refractivity contribution in [3.63, 3.8) is 0 Å². The van der Waals surface area contributed by atoms with Gasteiger partial charge in [0.05, 0.1) is 11.4 Å². The molecule has 1 heterocycles. The molecule has 1 radical (unpaired) electrons. The molecule has 0 bridgehead atoms. The summed E-state index contributed by atoms with van der Waals surface area (Å²) in [7, 11) is 0. The molecule has 0 saturated heterocycles. The number of hydrogen-bond donors (Lipinski definition) is 0. The zero-order chi connectivity index (χ0) is 14.5. The van der Waals surface area contributed by atoms with Gasteiger partial charge >= 0.3 is 0 Å². The Bertz CT molecular complexity index is 492. The highest BCUT2D eigenvalue weighted by Crippen LogP contribution is 2.40. The molecule has 2 aliphatic rings. The maximum atomic E-state index is 4.85. The zero-order valence-corrected chi connectivity index (χ0v) is 13.3. The number of aliphatic imine (C=N–C) groups is 1. The first-order valence-corrected chi connectivity index (χ1v) is 8.68. The smallest absolute Gasteiger partial charge is 0.135 e. The largest absolute Gasteiger partial charge is 0.231 e. The summed E-state index contributed by atoms with van der Waals surface area (Å²) in [5, 5.41) is 4.85. The van der Waals surface area contributed by atoms with Crippen LogP contribution in [0.4, 0.5) is 11.4 Å². The maximum absolute atomic E-state index is 4.85. The lowest BCUT2D eigenvalue weighted by Crippen LogP contribution is -2.31. The average Bonchev–Trinajstić information content (AvgIpc) is 2.91. The molecular weight excluding hydrogens is 256 g/mol. The fourth-order valence-corrected chi connectivity index (χ4v) is 3.62. The fraction of sp³-hybridized carbons (Fsp3) is 0.632. The molecule has 1 saturated carbocycles. The third kappa shape index (κ3) is 3.48. The molecule has 1 aromatic rings. The summed E-state index contributed by atoms with van der Waals surface area (Å²) in [6.45, 7) is 2.39. The molecule has 1 fully saturated rings. The number of benzene rings is 1. The summed E-state index contributed by atoms with van der Waals surface area (Å²) >= 11 is 0. The highest BCUT2D eigenvalue weighted by molar-refractivity contribution is 5.99. The molecule has 0 spiro atoms. The molecule has 0 N–H and O–H groups in total. The number of rotatable bonds is 1. The van der Waals surface area contributed by atoms with Gasteiger partial charge in [0.2, 0.25) is 0 Å². The van der Waals surface area contributed by atoms with Gasteiger partial charge in [-0.25, -0.2) is 10.3 Å². The molecule has 3 rings (SSSR count). The number of para-hydroxylation sites is 2. The summed E-state index contributed by atoms with van der Waals surface area (Å²) in [4.78, 5) is 4.85.